The third-order valence-corrected chi connectivity index (χ3v) is 2.29. The number of rotatable bonds is 0. The average molecular weight is 157 g/mol. The van der Waals surface area contributed by atoms with E-state index < -0.39 is 0 Å². The van der Waals surface area contributed by atoms with Crippen LogP contribution in [0.25, 0.3) is 21.8 Å². The van der Waals surface area contributed by atoms with Crippen molar-refractivity contribution >= 4 is 21.8 Å². The van der Waals surface area contributed by atoms with Crippen LogP contribution in [-0.4, -0.2) is 10.1 Å². The molecule has 2 N–H and O–H groups in total. The molecule has 2 aromatic heterocycles. The van der Waals surface area contributed by atoms with Crippen molar-refractivity contribution in [1.29, 1.82) is 0 Å². The third-order valence-electron chi connectivity index (χ3n) is 2.29. The summed E-state index contributed by atoms with van der Waals surface area (Å²) in [6.07, 6.45) is 0. The van der Waals surface area contributed by atoms with Crippen LogP contribution in [0.4, 0.5) is 0 Å². The molecule has 0 saturated carbocycles. The van der Waals surface area contributed by atoms with E-state index in [2.05, 4.69) is 4.98 Å². The Balaban J connectivity index is 2.67. The lowest BCUT2D eigenvalue weighted by Gasteiger charge is -2.10. The van der Waals surface area contributed by atoms with Crippen LogP contribution in [0.1, 0.15) is 0 Å². The molecule has 4 rings (SSSR count). The predicted molar refractivity (Wildman–Crippen MR) is 48.7 cm³/mol. The van der Waals surface area contributed by atoms with Crippen molar-refractivity contribution in [1.82, 2.24) is 4.98 Å². The zero-order valence-corrected chi connectivity index (χ0v) is 6.33. The molecule has 2 heterocycles. The first-order chi connectivity index (χ1) is 5.86. The van der Waals surface area contributed by atoms with E-state index in [-0.39, 0.29) is 0 Å². The van der Waals surface area contributed by atoms with Gasteiger partial charge in [-0.2, -0.15) is 0 Å². The van der Waals surface area contributed by atoms with Crippen molar-refractivity contribution in [3.63, 3.8) is 0 Å². The fraction of sp³-hybridized carbons (Fsp3) is 0. The number of benzene rings is 2. The molecule has 0 amide bonds. The van der Waals surface area contributed by atoms with E-state index in [1.807, 2.05) is 30.3 Å². The summed E-state index contributed by atoms with van der Waals surface area (Å²) in [5, 5.41) is 11.7. The summed E-state index contributed by atoms with van der Waals surface area (Å²) in [7, 11) is 0. The highest BCUT2D eigenvalue weighted by Gasteiger charge is 2.09. The predicted octanol–water partition coefficient (Wildman–Crippen LogP) is 2.46. The van der Waals surface area contributed by atoms with E-state index in [9.17, 15) is 5.11 Å². The summed E-state index contributed by atoms with van der Waals surface area (Å²) >= 11 is 0. The molecule has 0 radical (unpaired) electrons. The summed E-state index contributed by atoms with van der Waals surface area (Å²) in [6.45, 7) is 0. The van der Waals surface area contributed by atoms with Gasteiger partial charge in [0.05, 0.1) is 5.52 Å². The van der Waals surface area contributed by atoms with Gasteiger partial charge >= 0.3 is 0 Å². The molecule has 12 heavy (non-hydrogen) atoms. The summed E-state index contributed by atoms with van der Waals surface area (Å²) in [6, 6.07) is 9.79. The second kappa shape index (κ2) is 1.72. The first kappa shape index (κ1) is 5.89. The monoisotopic (exact) mass is 157 g/mol. The summed E-state index contributed by atoms with van der Waals surface area (Å²) in [4.78, 5) is 3.08. The van der Waals surface area contributed by atoms with Gasteiger partial charge in [-0.1, -0.05) is 24.3 Å². The third kappa shape index (κ3) is 0.515. The maximum absolute atomic E-state index is 9.64. The number of nitrogens with one attached hydrogen (secondary N) is 1. The maximum Gasteiger partial charge on any atom is 0.146 e. The van der Waals surface area contributed by atoms with E-state index >= 15 is 0 Å². The molecule has 4 aromatic rings. The lowest BCUT2D eigenvalue weighted by molar-refractivity contribution is 0.485. The molecule has 0 aliphatic carbocycles. The Kier molecular flexibility index (Phi) is 0.844. The van der Waals surface area contributed by atoms with Gasteiger partial charge in [0.15, 0.2) is 0 Å². The van der Waals surface area contributed by atoms with Gasteiger partial charge in [-0.25, -0.2) is 0 Å². The second-order valence-electron chi connectivity index (χ2n) is 2.99. The van der Waals surface area contributed by atoms with Crippen LogP contribution in [0.2, 0.25) is 0 Å². The number of aromatic amines is 1. The molecule has 0 saturated heterocycles. The van der Waals surface area contributed by atoms with E-state index in [4.69, 9.17) is 0 Å². The second-order valence-corrected chi connectivity index (χ2v) is 2.99. The number of hydrogen-bond acceptors (Lipinski definition) is 1. The molecule has 58 valence electrons. The number of H-pyrrole nitrogens is 1. The van der Waals surface area contributed by atoms with Crippen LogP contribution in [0, 0.1) is 0 Å². The van der Waals surface area contributed by atoms with Crippen LogP contribution < -0.4 is 0 Å². The number of hydrogen-bond donors (Lipinski definition) is 2. The smallest absolute Gasteiger partial charge is 0.146 e. The van der Waals surface area contributed by atoms with Gasteiger partial charge in [-0.05, 0) is 6.07 Å². The first-order valence-electron chi connectivity index (χ1n) is 3.88. The Morgan fingerprint density at radius 3 is 2.33 bits per heavy atom. The van der Waals surface area contributed by atoms with E-state index in [1.54, 1.807) is 0 Å². The Morgan fingerprint density at radius 2 is 1.67 bits per heavy atom. The fourth-order valence-corrected chi connectivity index (χ4v) is 1.63. The van der Waals surface area contributed by atoms with Crippen molar-refractivity contribution in [3.8, 4) is 5.75 Å². The Morgan fingerprint density at radius 1 is 1.00 bits per heavy atom. The minimum atomic E-state index is 0.362. The van der Waals surface area contributed by atoms with Crippen molar-refractivity contribution < 1.29 is 5.11 Å². The van der Waals surface area contributed by atoms with Crippen molar-refractivity contribution in [2.24, 2.45) is 0 Å². The van der Waals surface area contributed by atoms with E-state index in [0.29, 0.717) is 5.75 Å². The molecule has 2 heteroatoms. The Labute approximate surface area is 68.8 Å². The van der Waals surface area contributed by atoms with Crippen LogP contribution in [-0.2, 0) is 0 Å². The van der Waals surface area contributed by atoms with Gasteiger partial charge in [-0.15, -0.1) is 0 Å². The van der Waals surface area contributed by atoms with E-state index in [1.165, 1.54) is 0 Å². The number of aromatic nitrogens is 1. The van der Waals surface area contributed by atoms with Crippen molar-refractivity contribution in [2.45, 2.75) is 0 Å². The first-order valence-corrected chi connectivity index (χ1v) is 3.88. The van der Waals surface area contributed by atoms with Crippen LogP contribution in [0.5, 0.6) is 5.75 Å². The Bertz CT molecular complexity index is 523. The molecule has 0 unspecified atom stereocenters. The SMILES string of the molecule is Oc1c2cc([nH]2)c2ccccc12. The summed E-state index contributed by atoms with van der Waals surface area (Å²) in [5.74, 6) is 0.362. The van der Waals surface area contributed by atoms with Gasteiger partial charge in [-0.3, -0.25) is 0 Å². The van der Waals surface area contributed by atoms with E-state index in [0.717, 1.165) is 21.8 Å². The average Bonchev–Trinajstić information content (AvgIpc) is 2.02. The largest absolute Gasteiger partial charge is 0.505 e. The molecule has 2 aromatic carbocycles. The normalized spacial score (nSPS) is 11.7. The molecule has 0 aliphatic heterocycles. The van der Waals surface area contributed by atoms with Gasteiger partial charge in [0.1, 0.15) is 5.75 Å². The standard InChI is InChI=1S/C10H7NO/c12-10-7-4-2-1-3-6(7)8-5-9(10)11-8/h1-5,11-12H. The number of pyridine rings is 1. The van der Waals surface area contributed by atoms with Crippen LogP contribution >= 0.6 is 0 Å². The molecule has 0 aliphatic rings. The molecule has 2 nitrogen and oxygen atoms in total. The van der Waals surface area contributed by atoms with Crippen LogP contribution in [0.3, 0.4) is 0 Å². The highest BCUT2D eigenvalue weighted by atomic mass is 16.3. The number of phenolic OH excluding ortho intramolecular Hbond substituents is 1. The molecule has 2 bridgehead atoms. The molecular formula is C10H7NO. The quantitative estimate of drug-likeness (QED) is 0.516. The molecule has 0 fully saturated rings. The summed E-state index contributed by atoms with van der Waals surface area (Å²) < 4.78 is 0. The highest BCUT2D eigenvalue weighted by Crippen LogP contribution is 2.35. The Hall–Kier alpha value is -1.70. The lowest BCUT2D eigenvalue weighted by atomic mass is 10.1. The maximum atomic E-state index is 9.64. The molecule has 0 atom stereocenters. The van der Waals surface area contributed by atoms with Crippen LogP contribution in [0.15, 0.2) is 30.3 Å². The van der Waals surface area contributed by atoms with Crippen molar-refractivity contribution in [3.05, 3.63) is 30.3 Å². The van der Waals surface area contributed by atoms with Gasteiger partial charge in [0.2, 0.25) is 0 Å². The number of aromatic hydroxyl groups is 1. The number of phenols is 1. The highest BCUT2D eigenvalue weighted by molar-refractivity contribution is 6.08. The van der Waals surface area contributed by atoms with Gasteiger partial charge < -0.3 is 10.1 Å². The molecule has 0 spiro atoms. The molecular weight excluding hydrogens is 150 g/mol. The topological polar surface area (TPSA) is 36.0 Å². The minimum absolute atomic E-state index is 0.362. The lowest BCUT2D eigenvalue weighted by Crippen LogP contribution is -1.88. The summed E-state index contributed by atoms with van der Waals surface area (Å²) in [5.41, 5.74) is 1.95. The zero-order chi connectivity index (χ0) is 8.13. The zero-order valence-electron chi connectivity index (χ0n) is 6.33. The fourth-order valence-electron chi connectivity index (χ4n) is 1.63. The minimum Gasteiger partial charge on any atom is -0.505 e. The van der Waals surface area contributed by atoms with Gasteiger partial charge in [0.25, 0.3) is 0 Å². The van der Waals surface area contributed by atoms with Crippen molar-refractivity contribution in [2.75, 3.05) is 0 Å². The van der Waals surface area contributed by atoms with Gasteiger partial charge in [0, 0.05) is 16.3 Å².